The van der Waals surface area contributed by atoms with Gasteiger partial charge in [0.05, 0.1) is 24.1 Å². The summed E-state index contributed by atoms with van der Waals surface area (Å²) in [6.45, 7) is -0.182. The minimum absolute atomic E-state index is 0.0751. The van der Waals surface area contributed by atoms with Gasteiger partial charge in [-0.05, 0) is 24.5 Å². The van der Waals surface area contributed by atoms with Crippen molar-refractivity contribution in [3.63, 3.8) is 0 Å². The molecule has 1 aromatic heterocycles. The summed E-state index contributed by atoms with van der Waals surface area (Å²) in [6, 6.07) is 6.34. The van der Waals surface area contributed by atoms with Crippen LogP contribution in [0.2, 0.25) is 5.02 Å². The van der Waals surface area contributed by atoms with Crippen molar-refractivity contribution in [3.8, 4) is 6.07 Å². The third-order valence-corrected chi connectivity index (χ3v) is 4.59. The van der Waals surface area contributed by atoms with Gasteiger partial charge in [0.1, 0.15) is 28.9 Å². The van der Waals surface area contributed by atoms with Crippen LogP contribution in [0, 0.1) is 17.1 Å². The lowest BCUT2D eigenvalue weighted by Crippen LogP contribution is -2.47. The summed E-state index contributed by atoms with van der Waals surface area (Å²) >= 11 is 5.75. The Morgan fingerprint density at radius 2 is 2.22 bits per heavy atom. The molecule has 1 saturated carbocycles. The first-order chi connectivity index (χ1) is 10.9. The van der Waals surface area contributed by atoms with Crippen molar-refractivity contribution >= 4 is 11.6 Å². The van der Waals surface area contributed by atoms with E-state index in [-0.39, 0.29) is 42.1 Å². The van der Waals surface area contributed by atoms with Crippen molar-refractivity contribution in [2.75, 3.05) is 0 Å². The van der Waals surface area contributed by atoms with Crippen molar-refractivity contribution in [2.24, 2.45) is 0 Å². The number of benzene rings is 1. The van der Waals surface area contributed by atoms with Crippen LogP contribution in [0.4, 0.5) is 8.78 Å². The molecular formula is C16H14ClF2N3O. The lowest BCUT2D eigenvalue weighted by atomic mass is 9.87. The zero-order valence-electron chi connectivity index (χ0n) is 12.1. The van der Waals surface area contributed by atoms with Crippen LogP contribution in [0.5, 0.6) is 0 Å². The van der Waals surface area contributed by atoms with E-state index in [2.05, 4.69) is 4.98 Å². The highest BCUT2D eigenvalue weighted by atomic mass is 35.5. The zero-order chi connectivity index (χ0) is 16.7. The molecule has 7 heteroatoms. The molecule has 0 unspecified atom stereocenters. The van der Waals surface area contributed by atoms with Gasteiger partial charge in [0.15, 0.2) is 0 Å². The standard InChI is InChI=1S/C16H14ClF2N3O/c17-13-3-1-2-11(14(13)18)6-16(23,15(19)4-5-15)9-22-10-21-8-12(22)7-20/h1-3,8,10,23H,4-6,9H2/t16-/m1/s1. The van der Waals surface area contributed by atoms with Crippen LogP contribution in [-0.2, 0) is 13.0 Å². The average Bonchev–Trinajstić information content (AvgIpc) is 3.12. The molecule has 1 aliphatic rings. The largest absolute Gasteiger partial charge is 0.384 e. The molecule has 1 atom stereocenters. The first kappa shape index (κ1) is 15.9. The van der Waals surface area contributed by atoms with Gasteiger partial charge in [0, 0.05) is 6.42 Å². The summed E-state index contributed by atoms with van der Waals surface area (Å²) in [5, 5.41) is 19.9. The van der Waals surface area contributed by atoms with Gasteiger partial charge in [-0.3, -0.25) is 0 Å². The molecule has 1 N–H and O–H groups in total. The number of hydrogen-bond acceptors (Lipinski definition) is 3. The van der Waals surface area contributed by atoms with Gasteiger partial charge in [-0.1, -0.05) is 23.7 Å². The lowest BCUT2D eigenvalue weighted by molar-refractivity contribution is -0.0635. The smallest absolute Gasteiger partial charge is 0.145 e. The molecule has 3 rings (SSSR count). The van der Waals surface area contributed by atoms with Gasteiger partial charge in [0.2, 0.25) is 0 Å². The van der Waals surface area contributed by atoms with Crippen molar-refractivity contribution in [3.05, 3.63) is 52.8 Å². The van der Waals surface area contributed by atoms with E-state index in [1.54, 1.807) is 6.07 Å². The van der Waals surface area contributed by atoms with Gasteiger partial charge in [-0.25, -0.2) is 13.8 Å². The second-order valence-electron chi connectivity index (χ2n) is 5.91. The number of aromatic nitrogens is 2. The molecular weight excluding hydrogens is 324 g/mol. The van der Waals surface area contributed by atoms with Crippen molar-refractivity contribution < 1.29 is 13.9 Å². The predicted molar refractivity (Wildman–Crippen MR) is 80.1 cm³/mol. The third-order valence-electron chi connectivity index (χ3n) is 4.30. The Hall–Kier alpha value is -1.97. The second-order valence-corrected chi connectivity index (χ2v) is 6.31. The van der Waals surface area contributed by atoms with Crippen LogP contribution >= 0.6 is 11.6 Å². The SMILES string of the molecule is N#Cc1cncn1C[C@](O)(Cc1cccc(Cl)c1F)C1(F)CC1. The summed E-state index contributed by atoms with van der Waals surface area (Å²) in [7, 11) is 0. The molecule has 0 aliphatic heterocycles. The highest BCUT2D eigenvalue weighted by molar-refractivity contribution is 6.30. The van der Waals surface area contributed by atoms with Gasteiger partial charge < -0.3 is 9.67 Å². The number of nitrogens with zero attached hydrogens (tertiary/aromatic N) is 3. The average molecular weight is 338 g/mol. The first-order valence-electron chi connectivity index (χ1n) is 7.13. The van der Waals surface area contributed by atoms with E-state index >= 15 is 0 Å². The Kier molecular flexibility index (Phi) is 3.86. The maximum absolute atomic E-state index is 14.8. The van der Waals surface area contributed by atoms with E-state index in [9.17, 15) is 13.9 Å². The normalized spacial score (nSPS) is 18.2. The van der Waals surface area contributed by atoms with Crippen molar-refractivity contribution in [2.45, 2.75) is 37.1 Å². The van der Waals surface area contributed by atoms with E-state index in [1.165, 1.54) is 29.2 Å². The monoisotopic (exact) mass is 337 g/mol. The third kappa shape index (κ3) is 2.82. The summed E-state index contributed by atoms with van der Waals surface area (Å²) < 4.78 is 30.3. The van der Waals surface area contributed by atoms with Crippen LogP contribution < -0.4 is 0 Å². The summed E-state index contributed by atoms with van der Waals surface area (Å²) in [5.74, 6) is -0.664. The van der Waals surface area contributed by atoms with Crippen molar-refractivity contribution in [1.29, 1.82) is 5.26 Å². The number of imidazole rings is 1. The number of alkyl halides is 1. The van der Waals surface area contributed by atoms with Crippen LogP contribution in [0.25, 0.3) is 0 Å². The first-order valence-corrected chi connectivity index (χ1v) is 7.51. The molecule has 120 valence electrons. The highest BCUT2D eigenvalue weighted by Gasteiger charge is 2.60. The molecule has 0 bridgehead atoms. The molecule has 1 aliphatic carbocycles. The maximum Gasteiger partial charge on any atom is 0.145 e. The molecule has 4 nitrogen and oxygen atoms in total. The Morgan fingerprint density at radius 1 is 1.48 bits per heavy atom. The van der Waals surface area contributed by atoms with Crippen LogP contribution in [0.3, 0.4) is 0 Å². The van der Waals surface area contributed by atoms with E-state index in [4.69, 9.17) is 16.9 Å². The van der Waals surface area contributed by atoms with E-state index in [0.717, 1.165) is 0 Å². The fraction of sp³-hybridized carbons (Fsp3) is 0.375. The number of aliphatic hydroxyl groups is 1. The molecule has 2 aromatic rings. The van der Waals surface area contributed by atoms with E-state index < -0.39 is 17.1 Å². The fourth-order valence-electron chi connectivity index (χ4n) is 2.75. The van der Waals surface area contributed by atoms with Crippen LogP contribution in [-0.4, -0.2) is 25.9 Å². The quantitative estimate of drug-likeness (QED) is 0.912. The number of rotatable bonds is 5. The maximum atomic E-state index is 14.8. The predicted octanol–water partition coefficient (Wildman–Crippen LogP) is 3.02. The van der Waals surface area contributed by atoms with Crippen molar-refractivity contribution in [1.82, 2.24) is 9.55 Å². The molecule has 0 spiro atoms. The minimum atomic E-state index is -1.84. The summed E-state index contributed by atoms with van der Waals surface area (Å²) in [5.41, 5.74) is -3.30. The topological polar surface area (TPSA) is 61.8 Å². The van der Waals surface area contributed by atoms with Gasteiger partial charge in [-0.15, -0.1) is 0 Å². The fourth-order valence-corrected chi connectivity index (χ4v) is 2.95. The molecule has 1 heterocycles. The second kappa shape index (κ2) is 5.59. The molecule has 0 saturated heterocycles. The minimum Gasteiger partial charge on any atom is -0.384 e. The summed E-state index contributed by atoms with van der Waals surface area (Å²) in [6.07, 6.45) is 2.84. The molecule has 23 heavy (non-hydrogen) atoms. The molecule has 1 aromatic carbocycles. The zero-order valence-corrected chi connectivity index (χ0v) is 12.9. The Morgan fingerprint density at radius 3 is 2.87 bits per heavy atom. The van der Waals surface area contributed by atoms with Crippen LogP contribution in [0.1, 0.15) is 24.1 Å². The molecule has 1 fully saturated rings. The Labute approximate surface area is 136 Å². The summed E-state index contributed by atoms with van der Waals surface area (Å²) in [4.78, 5) is 3.83. The van der Waals surface area contributed by atoms with E-state index in [1.807, 2.05) is 6.07 Å². The van der Waals surface area contributed by atoms with Gasteiger partial charge in [-0.2, -0.15) is 5.26 Å². The van der Waals surface area contributed by atoms with Crippen LogP contribution in [0.15, 0.2) is 30.7 Å². The molecule has 0 radical (unpaired) electrons. The number of nitriles is 1. The Bertz CT molecular complexity index is 782. The van der Waals surface area contributed by atoms with Gasteiger partial charge in [0.25, 0.3) is 0 Å². The number of halogens is 3. The number of hydrogen-bond donors (Lipinski definition) is 1. The van der Waals surface area contributed by atoms with E-state index in [0.29, 0.717) is 0 Å². The molecule has 0 amide bonds. The Balaban J connectivity index is 1.95. The lowest BCUT2D eigenvalue weighted by Gasteiger charge is -2.32. The highest BCUT2D eigenvalue weighted by Crippen LogP contribution is 2.51. The van der Waals surface area contributed by atoms with Gasteiger partial charge >= 0.3 is 0 Å².